The summed E-state index contributed by atoms with van der Waals surface area (Å²) in [6, 6.07) is 5.16. The van der Waals surface area contributed by atoms with Gasteiger partial charge in [-0.2, -0.15) is 4.98 Å². The Morgan fingerprint density at radius 1 is 1.29 bits per heavy atom. The SMILES string of the molecule is CCCSc1nc2n(n1)C(c1ccc(OC(C)C)c(OC)c1)C(C(=O)OCC)=C(C)N2. The number of fused-ring (bicyclic) bond motifs is 1. The zero-order valence-corrected chi connectivity index (χ0v) is 19.7. The topological polar surface area (TPSA) is 87.5 Å². The molecular weight excluding hydrogens is 416 g/mol. The summed E-state index contributed by atoms with van der Waals surface area (Å²) in [6.07, 6.45) is 1.03. The third-order valence-corrected chi connectivity index (χ3v) is 5.67. The number of thioether (sulfide) groups is 1. The van der Waals surface area contributed by atoms with Crippen molar-refractivity contribution in [1.29, 1.82) is 0 Å². The van der Waals surface area contributed by atoms with Crippen molar-refractivity contribution in [3.8, 4) is 11.5 Å². The largest absolute Gasteiger partial charge is 0.493 e. The third-order valence-electron chi connectivity index (χ3n) is 4.63. The Morgan fingerprint density at radius 3 is 2.71 bits per heavy atom. The van der Waals surface area contributed by atoms with Crippen LogP contribution in [-0.4, -0.2) is 46.3 Å². The van der Waals surface area contributed by atoms with Gasteiger partial charge in [0.05, 0.1) is 25.4 Å². The minimum atomic E-state index is -0.499. The summed E-state index contributed by atoms with van der Waals surface area (Å²) in [6.45, 7) is 9.96. The van der Waals surface area contributed by atoms with Crippen LogP contribution >= 0.6 is 11.8 Å². The quantitative estimate of drug-likeness (QED) is 0.447. The molecule has 1 aliphatic heterocycles. The first-order chi connectivity index (χ1) is 14.9. The molecule has 1 aromatic heterocycles. The number of nitrogens with one attached hydrogen (secondary N) is 1. The standard InChI is InChI=1S/C22H30N4O4S/c1-7-11-31-22-24-21-23-14(5)18(20(27)29-8-2)19(26(21)25-22)15-9-10-16(30-13(3)4)17(12-15)28-6/h9-10,12-13,19H,7-8,11H2,1-6H3,(H,23,24,25). The van der Waals surface area contributed by atoms with E-state index in [0.29, 0.717) is 33.9 Å². The fraction of sp³-hybridized carbons (Fsp3) is 0.500. The highest BCUT2D eigenvalue weighted by molar-refractivity contribution is 7.99. The predicted octanol–water partition coefficient (Wildman–Crippen LogP) is 4.43. The first-order valence-corrected chi connectivity index (χ1v) is 11.5. The molecule has 168 valence electrons. The third kappa shape index (κ3) is 4.98. The van der Waals surface area contributed by atoms with Crippen LogP contribution in [0.15, 0.2) is 34.6 Å². The number of esters is 1. The van der Waals surface area contributed by atoms with Crippen LogP contribution in [0, 0.1) is 0 Å². The molecule has 9 heteroatoms. The number of nitrogens with zero attached hydrogens (tertiary/aromatic N) is 3. The molecule has 1 atom stereocenters. The minimum Gasteiger partial charge on any atom is -0.493 e. The number of carbonyl (C=O) groups excluding carboxylic acids is 1. The summed E-state index contributed by atoms with van der Waals surface area (Å²) in [7, 11) is 1.60. The Kier molecular flexibility index (Phi) is 7.48. The summed E-state index contributed by atoms with van der Waals surface area (Å²) in [4.78, 5) is 17.5. The molecule has 3 rings (SSSR count). The van der Waals surface area contributed by atoms with E-state index in [1.165, 1.54) is 0 Å². The van der Waals surface area contributed by atoms with Gasteiger partial charge >= 0.3 is 5.97 Å². The van der Waals surface area contributed by atoms with E-state index in [2.05, 4.69) is 17.2 Å². The molecule has 2 aromatic rings. The van der Waals surface area contributed by atoms with Gasteiger partial charge in [0.15, 0.2) is 11.5 Å². The normalized spacial score (nSPS) is 15.5. The van der Waals surface area contributed by atoms with Crippen molar-refractivity contribution in [2.75, 3.05) is 24.8 Å². The van der Waals surface area contributed by atoms with Gasteiger partial charge < -0.3 is 19.5 Å². The van der Waals surface area contributed by atoms with E-state index in [0.717, 1.165) is 17.7 Å². The Bertz CT molecular complexity index is 970. The van der Waals surface area contributed by atoms with Crippen molar-refractivity contribution in [3.05, 3.63) is 35.0 Å². The Labute approximate surface area is 187 Å². The van der Waals surface area contributed by atoms with E-state index in [4.69, 9.17) is 19.3 Å². The second-order valence-corrected chi connectivity index (χ2v) is 8.44. The summed E-state index contributed by atoms with van der Waals surface area (Å²) >= 11 is 1.59. The first-order valence-electron chi connectivity index (χ1n) is 10.5. The maximum atomic E-state index is 12.9. The van der Waals surface area contributed by atoms with Gasteiger partial charge in [-0.1, -0.05) is 24.8 Å². The number of ether oxygens (including phenoxy) is 3. The summed E-state index contributed by atoms with van der Waals surface area (Å²) < 4.78 is 18.5. The average Bonchev–Trinajstić information content (AvgIpc) is 3.13. The zero-order valence-electron chi connectivity index (χ0n) is 18.9. The molecule has 0 saturated carbocycles. The van der Waals surface area contributed by atoms with Crippen LogP contribution in [0.2, 0.25) is 0 Å². The molecule has 8 nitrogen and oxygen atoms in total. The monoisotopic (exact) mass is 446 g/mol. The smallest absolute Gasteiger partial charge is 0.338 e. The Morgan fingerprint density at radius 2 is 2.06 bits per heavy atom. The number of methoxy groups -OCH3 is 1. The highest BCUT2D eigenvalue weighted by Crippen LogP contribution is 2.40. The fourth-order valence-electron chi connectivity index (χ4n) is 3.37. The maximum absolute atomic E-state index is 12.9. The number of allylic oxidation sites excluding steroid dienone is 1. The summed E-state index contributed by atoms with van der Waals surface area (Å²) in [5.74, 6) is 2.36. The number of benzene rings is 1. The van der Waals surface area contributed by atoms with Gasteiger partial charge in [-0.3, -0.25) is 0 Å². The first kappa shape index (κ1) is 23.0. The molecule has 0 amide bonds. The summed E-state index contributed by atoms with van der Waals surface area (Å²) in [5.41, 5.74) is 2.01. The van der Waals surface area contributed by atoms with Crippen LogP contribution in [0.4, 0.5) is 5.95 Å². The van der Waals surface area contributed by atoms with Gasteiger partial charge in [0.2, 0.25) is 11.1 Å². The highest BCUT2D eigenvalue weighted by atomic mass is 32.2. The number of carbonyl (C=O) groups is 1. The molecule has 0 spiro atoms. The molecule has 1 N–H and O–H groups in total. The molecule has 2 heterocycles. The van der Waals surface area contributed by atoms with Crippen LogP contribution < -0.4 is 14.8 Å². The number of hydrogen-bond acceptors (Lipinski definition) is 8. The molecule has 1 aliphatic rings. The minimum absolute atomic E-state index is 0.0101. The van der Waals surface area contributed by atoms with Crippen LogP contribution in [0.3, 0.4) is 0 Å². The van der Waals surface area contributed by atoms with E-state index in [9.17, 15) is 4.79 Å². The number of rotatable bonds is 9. The molecule has 31 heavy (non-hydrogen) atoms. The van der Waals surface area contributed by atoms with Gasteiger partial charge in [-0.25, -0.2) is 9.48 Å². The Balaban J connectivity index is 2.11. The van der Waals surface area contributed by atoms with Crippen LogP contribution in [0.5, 0.6) is 11.5 Å². The van der Waals surface area contributed by atoms with Gasteiger partial charge in [0.1, 0.15) is 6.04 Å². The molecule has 0 saturated heterocycles. The molecular formula is C22H30N4O4S. The lowest BCUT2D eigenvalue weighted by atomic mass is 9.95. The molecule has 0 fully saturated rings. The molecule has 0 bridgehead atoms. The van der Waals surface area contributed by atoms with Crippen molar-refractivity contribution >= 4 is 23.7 Å². The number of hydrogen-bond donors (Lipinski definition) is 1. The lowest BCUT2D eigenvalue weighted by Gasteiger charge is -2.28. The predicted molar refractivity (Wildman–Crippen MR) is 121 cm³/mol. The second-order valence-electron chi connectivity index (χ2n) is 7.37. The van der Waals surface area contributed by atoms with Crippen molar-refractivity contribution < 1.29 is 19.0 Å². The zero-order chi connectivity index (χ0) is 22.5. The van der Waals surface area contributed by atoms with E-state index in [-0.39, 0.29) is 18.7 Å². The highest BCUT2D eigenvalue weighted by Gasteiger charge is 2.35. The van der Waals surface area contributed by atoms with Crippen LogP contribution in [0.25, 0.3) is 0 Å². The van der Waals surface area contributed by atoms with Gasteiger partial charge in [0, 0.05) is 11.4 Å². The fourth-order valence-corrected chi connectivity index (χ4v) is 4.06. The average molecular weight is 447 g/mol. The van der Waals surface area contributed by atoms with Crippen LogP contribution in [0.1, 0.15) is 52.6 Å². The molecule has 0 radical (unpaired) electrons. The number of anilines is 1. The molecule has 1 unspecified atom stereocenters. The van der Waals surface area contributed by atoms with E-state index < -0.39 is 6.04 Å². The van der Waals surface area contributed by atoms with Gasteiger partial charge in [-0.15, -0.1) is 5.10 Å². The van der Waals surface area contributed by atoms with E-state index in [1.54, 1.807) is 30.5 Å². The lowest BCUT2D eigenvalue weighted by Crippen LogP contribution is -2.29. The molecule has 0 aliphatic carbocycles. The van der Waals surface area contributed by atoms with E-state index >= 15 is 0 Å². The van der Waals surface area contributed by atoms with Gasteiger partial charge in [0.25, 0.3) is 0 Å². The van der Waals surface area contributed by atoms with Crippen molar-refractivity contribution in [3.63, 3.8) is 0 Å². The number of aromatic nitrogens is 3. The molecule has 1 aromatic carbocycles. The second kappa shape index (κ2) is 10.1. The van der Waals surface area contributed by atoms with Crippen LogP contribution in [-0.2, 0) is 9.53 Å². The van der Waals surface area contributed by atoms with Crippen molar-refractivity contribution in [1.82, 2.24) is 14.8 Å². The van der Waals surface area contributed by atoms with Crippen molar-refractivity contribution in [2.24, 2.45) is 0 Å². The lowest BCUT2D eigenvalue weighted by molar-refractivity contribution is -0.139. The van der Waals surface area contributed by atoms with Crippen molar-refractivity contribution in [2.45, 2.75) is 58.3 Å². The maximum Gasteiger partial charge on any atom is 0.338 e. The van der Waals surface area contributed by atoms with E-state index in [1.807, 2.05) is 39.0 Å². The summed E-state index contributed by atoms with van der Waals surface area (Å²) in [5, 5.41) is 8.57. The van der Waals surface area contributed by atoms with Gasteiger partial charge in [-0.05, 0) is 51.8 Å². The Hall–Kier alpha value is -2.68.